The van der Waals surface area contributed by atoms with E-state index >= 15 is 0 Å². The maximum Gasteiger partial charge on any atom is 0.300 e. The number of aryl methyl sites for hydroxylation is 1. The third-order valence-corrected chi connectivity index (χ3v) is 7.33. The second kappa shape index (κ2) is 9.70. The van der Waals surface area contributed by atoms with Crippen LogP contribution in [0.1, 0.15) is 48.1 Å². The Morgan fingerprint density at radius 3 is 2.14 bits per heavy atom. The van der Waals surface area contributed by atoms with Crippen molar-refractivity contribution in [1.29, 1.82) is 0 Å². The molecule has 0 bridgehead atoms. The first-order valence-electron chi connectivity index (χ1n) is 11.5. The Morgan fingerprint density at radius 1 is 0.971 bits per heavy atom. The predicted octanol–water partition coefficient (Wildman–Crippen LogP) is 6.57. The van der Waals surface area contributed by atoms with Crippen LogP contribution in [-0.4, -0.2) is 30.9 Å². The van der Waals surface area contributed by atoms with Crippen LogP contribution in [0.3, 0.4) is 0 Å². The van der Waals surface area contributed by atoms with Crippen molar-refractivity contribution in [3.8, 4) is 0 Å². The second-order valence-electron chi connectivity index (χ2n) is 9.37. The predicted molar refractivity (Wildman–Crippen MR) is 145 cm³/mol. The van der Waals surface area contributed by atoms with Gasteiger partial charge in [-0.25, -0.2) is 0 Å². The van der Waals surface area contributed by atoms with Gasteiger partial charge in [-0.05, 0) is 65.9 Å². The number of nitrogens with zero attached hydrogens (tertiary/aromatic N) is 2. The summed E-state index contributed by atoms with van der Waals surface area (Å²) >= 11 is 3.48. The van der Waals surface area contributed by atoms with Gasteiger partial charge in [0.05, 0.1) is 11.6 Å². The number of halogens is 1. The van der Waals surface area contributed by atoms with Gasteiger partial charge in [0.25, 0.3) is 11.7 Å². The number of hydrogen-bond donors (Lipinski definition) is 1. The second-order valence-corrected chi connectivity index (χ2v) is 10.2. The molecule has 1 unspecified atom stereocenters. The lowest BCUT2D eigenvalue weighted by Crippen LogP contribution is -2.29. The van der Waals surface area contributed by atoms with Crippen LogP contribution in [0, 0.1) is 6.92 Å². The molecule has 6 heteroatoms. The van der Waals surface area contributed by atoms with E-state index in [9.17, 15) is 14.7 Å². The fourth-order valence-corrected chi connectivity index (χ4v) is 4.58. The maximum absolute atomic E-state index is 13.4. The first-order valence-corrected chi connectivity index (χ1v) is 12.3. The number of hydrogen-bond acceptors (Lipinski definition) is 4. The molecule has 5 nitrogen and oxygen atoms in total. The van der Waals surface area contributed by atoms with E-state index in [4.69, 9.17) is 0 Å². The summed E-state index contributed by atoms with van der Waals surface area (Å²) in [7, 11) is 3.88. The number of rotatable bonds is 5. The number of ketones is 1. The van der Waals surface area contributed by atoms with Crippen molar-refractivity contribution in [1.82, 2.24) is 0 Å². The van der Waals surface area contributed by atoms with Crippen molar-refractivity contribution in [3.05, 3.63) is 99.0 Å². The average Bonchev–Trinajstić information content (AvgIpc) is 3.10. The molecule has 1 atom stereocenters. The third-order valence-electron chi connectivity index (χ3n) is 6.44. The minimum Gasteiger partial charge on any atom is -0.507 e. The van der Waals surface area contributed by atoms with Crippen molar-refractivity contribution in [2.45, 2.75) is 32.7 Å². The molecule has 1 heterocycles. The van der Waals surface area contributed by atoms with Gasteiger partial charge >= 0.3 is 0 Å². The summed E-state index contributed by atoms with van der Waals surface area (Å²) in [5.74, 6) is -1.18. The number of amides is 1. The number of aliphatic hydroxyl groups excluding tert-OH is 1. The Labute approximate surface area is 214 Å². The van der Waals surface area contributed by atoms with Gasteiger partial charge in [0, 0.05) is 35.5 Å². The highest BCUT2D eigenvalue weighted by atomic mass is 79.9. The van der Waals surface area contributed by atoms with E-state index < -0.39 is 17.7 Å². The van der Waals surface area contributed by atoms with Gasteiger partial charge < -0.3 is 10.0 Å². The highest BCUT2D eigenvalue weighted by Gasteiger charge is 2.47. The van der Waals surface area contributed by atoms with E-state index in [1.54, 1.807) is 12.1 Å². The molecule has 4 rings (SSSR count). The smallest absolute Gasteiger partial charge is 0.300 e. The Balaban J connectivity index is 1.91. The molecule has 1 fully saturated rings. The van der Waals surface area contributed by atoms with E-state index in [2.05, 4.69) is 29.8 Å². The number of benzene rings is 3. The molecule has 0 saturated carbocycles. The molecule has 0 aromatic heterocycles. The SMILES string of the molecule is Cc1cc(/C(O)=C2/C(=O)C(=O)N(c3ccc(N(C)C)cc3)C2c2ccc(C(C)C)cc2)ccc1Br. The monoisotopic (exact) mass is 532 g/mol. The first kappa shape index (κ1) is 24.7. The quantitative estimate of drug-likeness (QED) is 0.229. The highest BCUT2D eigenvalue weighted by molar-refractivity contribution is 9.10. The minimum atomic E-state index is -0.745. The third kappa shape index (κ3) is 4.63. The number of aliphatic hydroxyl groups is 1. The van der Waals surface area contributed by atoms with E-state index in [-0.39, 0.29) is 11.3 Å². The summed E-state index contributed by atoms with van der Waals surface area (Å²) < 4.78 is 0.899. The molecule has 3 aromatic rings. The lowest BCUT2D eigenvalue weighted by molar-refractivity contribution is -0.132. The molecule has 0 spiro atoms. The topological polar surface area (TPSA) is 60.9 Å². The maximum atomic E-state index is 13.4. The van der Waals surface area contributed by atoms with Crippen molar-refractivity contribution >= 4 is 44.8 Å². The van der Waals surface area contributed by atoms with Crippen molar-refractivity contribution in [2.24, 2.45) is 0 Å². The number of anilines is 2. The normalized spacial score (nSPS) is 17.3. The molecule has 1 aliphatic rings. The van der Waals surface area contributed by atoms with Crippen LogP contribution >= 0.6 is 15.9 Å². The molecular formula is C29H29BrN2O3. The van der Waals surface area contributed by atoms with Gasteiger partial charge in [-0.2, -0.15) is 0 Å². The minimum absolute atomic E-state index is 0.0886. The number of Topliss-reactive ketones (excluding diaryl/α,β-unsaturated/α-hetero) is 1. The summed E-state index contributed by atoms with van der Waals surface area (Å²) in [6, 6.07) is 20.0. The molecule has 1 amide bonds. The summed E-state index contributed by atoms with van der Waals surface area (Å²) in [6.45, 7) is 6.14. The molecule has 1 N–H and O–H groups in total. The fourth-order valence-electron chi connectivity index (χ4n) is 4.34. The molecule has 1 saturated heterocycles. The van der Waals surface area contributed by atoms with Crippen molar-refractivity contribution in [3.63, 3.8) is 0 Å². The Kier molecular flexibility index (Phi) is 6.86. The van der Waals surface area contributed by atoms with E-state index in [1.165, 1.54) is 4.90 Å². The zero-order chi connectivity index (χ0) is 25.4. The highest BCUT2D eigenvalue weighted by Crippen LogP contribution is 2.43. The van der Waals surface area contributed by atoms with Gasteiger partial charge in [0.1, 0.15) is 5.76 Å². The number of carbonyl (C=O) groups excluding carboxylic acids is 2. The number of carbonyl (C=O) groups is 2. The molecule has 3 aromatic carbocycles. The molecule has 0 aliphatic carbocycles. The Morgan fingerprint density at radius 2 is 1.60 bits per heavy atom. The molecule has 0 radical (unpaired) electrons. The van der Waals surface area contributed by atoms with Gasteiger partial charge in [-0.1, -0.05) is 60.1 Å². The van der Waals surface area contributed by atoms with Crippen LogP contribution in [0.2, 0.25) is 0 Å². The average molecular weight is 533 g/mol. The largest absolute Gasteiger partial charge is 0.507 e. The molecular weight excluding hydrogens is 504 g/mol. The van der Waals surface area contributed by atoms with Crippen molar-refractivity contribution in [2.75, 3.05) is 23.9 Å². The van der Waals surface area contributed by atoms with Crippen molar-refractivity contribution < 1.29 is 14.7 Å². The fraction of sp³-hybridized carbons (Fsp3) is 0.241. The van der Waals surface area contributed by atoms with Gasteiger partial charge in [-0.15, -0.1) is 0 Å². The van der Waals surface area contributed by atoms with Crippen LogP contribution in [0.25, 0.3) is 5.76 Å². The van der Waals surface area contributed by atoms with Gasteiger partial charge in [0.15, 0.2) is 0 Å². The molecule has 180 valence electrons. The summed E-state index contributed by atoms with van der Waals surface area (Å²) in [5, 5.41) is 11.3. The summed E-state index contributed by atoms with van der Waals surface area (Å²) in [6.07, 6.45) is 0. The Bertz CT molecular complexity index is 1310. The van der Waals surface area contributed by atoms with Crippen LogP contribution in [0.15, 0.2) is 76.8 Å². The van der Waals surface area contributed by atoms with Crippen LogP contribution < -0.4 is 9.80 Å². The van der Waals surface area contributed by atoms with Gasteiger partial charge in [0.2, 0.25) is 0 Å². The van der Waals surface area contributed by atoms with Gasteiger partial charge in [-0.3, -0.25) is 14.5 Å². The summed E-state index contributed by atoms with van der Waals surface area (Å²) in [5.41, 5.74) is 5.00. The van der Waals surface area contributed by atoms with Crippen LogP contribution in [0.5, 0.6) is 0 Å². The molecule has 1 aliphatic heterocycles. The molecule has 35 heavy (non-hydrogen) atoms. The lowest BCUT2D eigenvalue weighted by Gasteiger charge is -2.26. The zero-order valence-electron chi connectivity index (χ0n) is 20.5. The van der Waals surface area contributed by atoms with E-state index in [1.807, 2.05) is 80.5 Å². The first-order chi connectivity index (χ1) is 16.6. The lowest BCUT2D eigenvalue weighted by atomic mass is 9.93. The standard InChI is InChI=1S/C29H29BrN2O3/c1-17(2)19-6-8-20(9-7-19)26-25(27(33)21-10-15-24(30)18(3)16-21)28(34)29(35)32(26)23-13-11-22(12-14-23)31(4)5/h6-17,26,33H,1-5H3/b27-25-. The van der Waals surface area contributed by atoms with Crippen LogP contribution in [-0.2, 0) is 9.59 Å². The summed E-state index contributed by atoms with van der Waals surface area (Å²) in [4.78, 5) is 30.2. The Hall–Kier alpha value is -3.38. The van der Waals surface area contributed by atoms with E-state index in [0.29, 0.717) is 17.2 Å². The van der Waals surface area contributed by atoms with Crippen LogP contribution in [0.4, 0.5) is 11.4 Å². The zero-order valence-corrected chi connectivity index (χ0v) is 22.1. The van der Waals surface area contributed by atoms with E-state index in [0.717, 1.165) is 26.9 Å².